The molecule has 0 radical (unpaired) electrons. The van der Waals surface area contributed by atoms with Gasteiger partial charge in [-0.25, -0.2) is 9.97 Å². The van der Waals surface area contributed by atoms with Gasteiger partial charge in [0.2, 0.25) is 5.91 Å². The summed E-state index contributed by atoms with van der Waals surface area (Å²) < 4.78 is 0. The van der Waals surface area contributed by atoms with Crippen LogP contribution in [-0.4, -0.2) is 22.4 Å². The molecule has 1 aromatic rings. The number of rotatable bonds is 3. The van der Waals surface area contributed by atoms with Gasteiger partial charge in [0.25, 0.3) is 0 Å². The van der Waals surface area contributed by atoms with E-state index < -0.39 is 5.41 Å². The van der Waals surface area contributed by atoms with Crippen LogP contribution in [0.3, 0.4) is 0 Å². The van der Waals surface area contributed by atoms with Crippen molar-refractivity contribution in [1.82, 2.24) is 9.97 Å². The molecule has 1 aliphatic carbocycles. The lowest BCUT2D eigenvalue weighted by molar-refractivity contribution is -0.126. The van der Waals surface area contributed by atoms with Gasteiger partial charge in [0.1, 0.15) is 12.0 Å². The molecule has 1 amide bonds. The Morgan fingerprint density at radius 3 is 2.37 bits per heavy atom. The average molecular weight is 303 g/mol. The summed E-state index contributed by atoms with van der Waals surface area (Å²) in [6.45, 7) is 0.321. The molecule has 0 aromatic carbocycles. The monoisotopic (exact) mass is 302 g/mol. The third kappa shape index (κ3) is 2.99. The van der Waals surface area contributed by atoms with Crippen LogP contribution in [-0.2, 0) is 4.79 Å². The first-order chi connectivity index (χ1) is 9.09. The Hall–Kier alpha value is -0.910. The van der Waals surface area contributed by atoms with Crippen LogP contribution in [0.5, 0.6) is 0 Å². The number of halogens is 2. The molecule has 3 N–H and O–H groups in total. The fraction of sp³-hybridized carbons (Fsp3) is 0.583. The van der Waals surface area contributed by atoms with Crippen molar-refractivity contribution in [3.63, 3.8) is 0 Å². The van der Waals surface area contributed by atoms with E-state index in [0.29, 0.717) is 6.54 Å². The summed E-state index contributed by atoms with van der Waals surface area (Å²) in [7, 11) is 0. The van der Waals surface area contributed by atoms with E-state index in [2.05, 4.69) is 15.3 Å². The Bertz CT molecular complexity index is 455. The summed E-state index contributed by atoms with van der Waals surface area (Å²) >= 11 is 11.8. The molecule has 0 spiro atoms. The molecule has 7 heteroatoms. The molecule has 1 aromatic heterocycles. The minimum atomic E-state index is -0.527. The van der Waals surface area contributed by atoms with Crippen molar-refractivity contribution in [2.24, 2.45) is 11.1 Å². The number of anilines is 1. The van der Waals surface area contributed by atoms with Crippen LogP contribution >= 0.6 is 23.2 Å². The second-order valence-corrected chi connectivity index (χ2v) is 5.55. The number of carbonyl (C=O) groups is 1. The maximum Gasteiger partial charge on any atom is 0.232 e. The van der Waals surface area contributed by atoms with Crippen molar-refractivity contribution in [2.45, 2.75) is 32.1 Å². The second kappa shape index (κ2) is 6.03. The highest BCUT2D eigenvalue weighted by Gasteiger charge is 2.38. The predicted molar refractivity (Wildman–Crippen MR) is 75.3 cm³/mol. The van der Waals surface area contributed by atoms with Crippen molar-refractivity contribution in [3.8, 4) is 0 Å². The standard InChI is InChI=1S/C12H16Cl2N4O/c13-9-8(10(14)17-7-16-9)18-11(19)12(6-15)4-2-1-3-5-12/h7H,1-6,15H2,(H,18,19). The maximum atomic E-state index is 12.5. The zero-order chi connectivity index (χ0) is 13.9. The molecular formula is C12H16Cl2N4O. The van der Waals surface area contributed by atoms with Crippen LogP contribution < -0.4 is 11.1 Å². The smallest absolute Gasteiger partial charge is 0.232 e. The van der Waals surface area contributed by atoms with Gasteiger partial charge in [-0.1, -0.05) is 42.5 Å². The van der Waals surface area contributed by atoms with E-state index in [1.165, 1.54) is 6.33 Å². The zero-order valence-corrected chi connectivity index (χ0v) is 12.0. The van der Waals surface area contributed by atoms with E-state index in [0.717, 1.165) is 32.1 Å². The third-order valence-corrected chi connectivity index (χ3v) is 4.25. The van der Waals surface area contributed by atoms with E-state index in [9.17, 15) is 4.79 Å². The van der Waals surface area contributed by atoms with Crippen molar-refractivity contribution < 1.29 is 4.79 Å². The SMILES string of the molecule is NCC1(C(=O)Nc2c(Cl)ncnc2Cl)CCCCC1. The number of nitrogens with zero attached hydrogens (tertiary/aromatic N) is 2. The molecule has 1 saturated carbocycles. The van der Waals surface area contributed by atoms with Crippen LogP contribution in [0.25, 0.3) is 0 Å². The molecule has 1 heterocycles. The Labute approximate surface area is 121 Å². The minimum Gasteiger partial charge on any atom is -0.329 e. The average Bonchev–Trinajstić information content (AvgIpc) is 2.43. The van der Waals surface area contributed by atoms with Gasteiger partial charge in [-0.05, 0) is 12.8 Å². The van der Waals surface area contributed by atoms with Gasteiger partial charge in [-0.3, -0.25) is 4.79 Å². The molecule has 0 unspecified atom stereocenters. The fourth-order valence-corrected chi connectivity index (χ4v) is 2.86. The van der Waals surface area contributed by atoms with Gasteiger partial charge < -0.3 is 11.1 Å². The van der Waals surface area contributed by atoms with Gasteiger partial charge in [-0.15, -0.1) is 0 Å². The van der Waals surface area contributed by atoms with Crippen LogP contribution in [0.2, 0.25) is 10.3 Å². The number of carbonyl (C=O) groups excluding carboxylic acids is 1. The molecule has 5 nitrogen and oxygen atoms in total. The number of nitrogens with two attached hydrogens (primary N) is 1. The molecule has 0 bridgehead atoms. The molecule has 2 rings (SSSR count). The Morgan fingerprint density at radius 1 is 1.26 bits per heavy atom. The summed E-state index contributed by atoms with van der Waals surface area (Å²) in [6.07, 6.45) is 6.00. The molecule has 19 heavy (non-hydrogen) atoms. The highest BCUT2D eigenvalue weighted by atomic mass is 35.5. The summed E-state index contributed by atoms with van der Waals surface area (Å²) in [4.78, 5) is 20.1. The molecule has 0 saturated heterocycles. The van der Waals surface area contributed by atoms with E-state index in [1.54, 1.807) is 0 Å². The topological polar surface area (TPSA) is 80.9 Å². The lowest BCUT2D eigenvalue weighted by Gasteiger charge is -2.34. The molecule has 1 aliphatic rings. The Balaban J connectivity index is 2.20. The zero-order valence-electron chi connectivity index (χ0n) is 10.5. The first-order valence-electron chi connectivity index (χ1n) is 6.26. The van der Waals surface area contributed by atoms with Crippen molar-refractivity contribution >= 4 is 34.8 Å². The summed E-state index contributed by atoms with van der Waals surface area (Å²) in [5.41, 5.74) is 5.54. The van der Waals surface area contributed by atoms with Gasteiger partial charge >= 0.3 is 0 Å². The molecule has 0 atom stereocenters. The van der Waals surface area contributed by atoms with Gasteiger partial charge in [0.15, 0.2) is 10.3 Å². The molecule has 104 valence electrons. The van der Waals surface area contributed by atoms with Crippen LogP contribution in [0.15, 0.2) is 6.33 Å². The minimum absolute atomic E-state index is 0.135. The lowest BCUT2D eigenvalue weighted by atomic mass is 9.73. The largest absolute Gasteiger partial charge is 0.329 e. The van der Waals surface area contributed by atoms with Crippen molar-refractivity contribution in [2.75, 3.05) is 11.9 Å². The fourth-order valence-electron chi connectivity index (χ4n) is 2.45. The number of hydrogen-bond acceptors (Lipinski definition) is 4. The highest BCUT2D eigenvalue weighted by molar-refractivity contribution is 6.38. The highest BCUT2D eigenvalue weighted by Crippen LogP contribution is 2.37. The quantitative estimate of drug-likeness (QED) is 0.841. The summed E-state index contributed by atoms with van der Waals surface area (Å²) in [6, 6.07) is 0. The first kappa shape index (κ1) is 14.5. The van der Waals surface area contributed by atoms with Crippen LogP contribution in [0.4, 0.5) is 5.69 Å². The number of nitrogens with one attached hydrogen (secondary N) is 1. The first-order valence-corrected chi connectivity index (χ1v) is 7.02. The third-order valence-electron chi connectivity index (χ3n) is 3.68. The molecule has 0 aliphatic heterocycles. The van der Waals surface area contributed by atoms with E-state index in [4.69, 9.17) is 28.9 Å². The number of amides is 1. The Morgan fingerprint density at radius 2 is 1.84 bits per heavy atom. The van der Waals surface area contributed by atoms with Crippen LogP contribution in [0.1, 0.15) is 32.1 Å². The molecule has 1 fully saturated rings. The summed E-state index contributed by atoms with van der Waals surface area (Å²) in [5, 5.41) is 3.00. The number of hydrogen-bond donors (Lipinski definition) is 2. The number of aromatic nitrogens is 2. The van der Waals surface area contributed by atoms with E-state index in [-0.39, 0.29) is 21.9 Å². The van der Waals surface area contributed by atoms with Gasteiger partial charge in [0.05, 0.1) is 5.41 Å². The van der Waals surface area contributed by atoms with Gasteiger partial charge in [-0.2, -0.15) is 0 Å². The predicted octanol–water partition coefficient (Wildman–Crippen LogP) is 2.63. The Kier molecular flexibility index (Phi) is 4.60. The normalized spacial score (nSPS) is 18.1. The van der Waals surface area contributed by atoms with Crippen molar-refractivity contribution in [1.29, 1.82) is 0 Å². The molecular weight excluding hydrogens is 287 g/mol. The van der Waals surface area contributed by atoms with Gasteiger partial charge in [0, 0.05) is 6.54 Å². The van der Waals surface area contributed by atoms with E-state index in [1.807, 2.05) is 0 Å². The van der Waals surface area contributed by atoms with E-state index >= 15 is 0 Å². The van der Waals surface area contributed by atoms with Crippen molar-refractivity contribution in [3.05, 3.63) is 16.6 Å². The lowest BCUT2D eigenvalue weighted by Crippen LogP contribution is -2.44. The maximum absolute atomic E-state index is 12.5. The van der Waals surface area contributed by atoms with Crippen LogP contribution in [0, 0.1) is 5.41 Å². The summed E-state index contributed by atoms with van der Waals surface area (Å²) in [5.74, 6) is -0.145. The second-order valence-electron chi connectivity index (χ2n) is 4.83.